The van der Waals surface area contributed by atoms with E-state index in [1.54, 1.807) is 18.2 Å². The highest BCUT2D eigenvalue weighted by atomic mass is 32.1. The summed E-state index contributed by atoms with van der Waals surface area (Å²) in [5.74, 6) is 6.19. The van der Waals surface area contributed by atoms with Crippen molar-refractivity contribution >= 4 is 23.2 Å². The molecule has 4 N–H and O–H groups in total. The van der Waals surface area contributed by atoms with E-state index in [4.69, 9.17) is 21.1 Å². The van der Waals surface area contributed by atoms with Crippen molar-refractivity contribution in [1.29, 1.82) is 0 Å². The minimum absolute atomic E-state index is 0.0569. The van der Waals surface area contributed by atoms with Crippen LogP contribution in [0.5, 0.6) is 11.5 Å². The third-order valence-electron chi connectivity index (χ3n) is 2.27. The average Bonchev–Trinajstić information content (AvgIpc) is 2.36. The second-order valence-electron chi connectivity index (χ2n) is 3.50. The van der Waals surface area contributed by atoms with Crippen LogP contribution in [0.15, 0.2) is 18.2 Å². The van der Waals surface area contributed by atoms with Crippen LogP contribution in [0.25, 0.3) is 0 Å². The minimum Gasteiger partial charge on any atom is -0.497 e. The lowest BCUT2D eigenvalue weighted by Crippen LogP contribution is -2.46. The molecule has 0 atom stereocenters. The van der Waals surface area contributed by atoms with E-state index in [0.29, 0.717) is 17.1 Å². The number of hydrazine groups is 1. The SMILES string of the molecule is COc1cc(CC(=O)N(N)C(N)=S)cc(OC)c1. The van der Waals surface area contributed by atoms with E-state index in [9.17, 15) is 4.79 Å². The van der Waals surface area contributed by atoms with Gasteiger partial charge in [0.05, 0.1) is 20.6 Å². The Morgan fingerprint density at radius 2 is 1.78 bits per heavy atom. The fraction of sp³-hybridized carbons (Fsp3) is 0.273. The molecule has 0 saturated carbocycles. The van der Waals surface area contributed by atoms with E-state index < -0.39 is 5.91 Å². The van der Waals surface area contributed by atoms with E-state index in [0.717, 1.165) is 5.01 Å². The number of nitrogens with two attached hydrogens (primary N) is 2. The van der Waals surface area contributed by atoms with Crippen molar-refractivity contribution in [2.24, 2.45) is 11.6 Å². The van der Waals surface area contributed by atoms with Gasteiger partial charge in [-0.25, -0.2) is 10.9 Å². The molecule has 7 heteroatoms. The third kappa shape index (κ3) is 3.57. The molecule has 1 aromatic rings. The van der Waals surface area contributed by atoms with Crippen LogP contribution in [-0.4, -0.2) is 30.2 Å². The normalized spacial score (nSPS) is 9.72. The van der Waals surface area contributed by atoms with Crippen LogP contribution in [0, 0.1) is 0 Å². The Morgan fingerprint density at radius 3 is 2.17 bits per heavy atom. The first-order valence-corrected chi connectivity index (χ1v) is 5.47. The number of carbonyl (C=O) groups is 1. The number of methoxy groups -OCH3 is 2. The Kier molecular flexibility index (Phi) is 4.87. The summed E-state index contributed by atoms with van der Waals surface area (Å²) in [5, 5.41) is 0.566. The zero-order chi connectivity index (χ0) is 13.7. The highest BCUT2D eigenvalue weighted by Gasteiger charge is 2.13. The van der Waals surface area contributed by atoms with Gasteiger partial charge in [-0.2, -0.15) is 0 Å². The van der Waals surface area contributed by atoms with Crippen LogP contribution < -0.4 is 21.1 Å². The molecule has 1 amide bonds. The van der Waals surface area contributed by atoms with Crippen molar-refractivity contribution < 1.29 is 14.3 Å². The average molecular weight is 269 g/mol. The van der Waals surface area contributed by atoms with Gasteiger partial charge in [0.2, 0.25) is 5.91 Å². The predicted molar refractivity (Wildman–Crippen MR) is 71.1 cm³/mol. The molecule has 0 aliphatic heterocycles. The molecule has 0 aromatic heterocycles. The van der Waals surface area contributed by atoms with Crippen molar-refractivity contribution in [3.63, 3.8) is 0 Å². The maximum absolute atomic E-state index is 11.7. The molecule has 0 aliphatic carbocycles. The lowest BCUT2D eigenvalue weighted by Gasteiger charge is -2.14. The Balaban J connectivity index is 2.90. The Bertz CT molecular complexity index is 443. The Labute approximate surface area is 110 Å². The van der Waals surface area contributed by atoms with Crippen LogP contribution in [0.2, 0.25) is 0 Å². The fourth-order valence-corrected chi connectivity index (χ4v) is 1.45. The molecule has 0 aliphatic rings. The number of benzene rings is 1. The van der Waals surface area contributed by atoms with Crippen molar-refractivity contribution in [3.8, 4) is 11.5 Å². The third-order valence-corrected chi connectivity index (χ3v) is 2.47. The molecular formula is C11H15N3O3S. The number of hydrogen-bond donors (Lipinski definition) is 2. The molecule has 98 valence electrons. The van der Waals surface area contributed by atoms with Crippen LogP contribution in [0.1, 0.15) is 5.56 Å². The van der Waals surface area contributed by atoms with Crippen LogP contribution in [0.4, 0.5) is 0 Å². The van der Waals surface area contributed by atoms with Gasteiger partial charge in [0.15, 0.2) is 5.11 Å². The summed E-state index contributed by atoms with van der Waals surface area (Å²) in [6.45, 7) is 0. The van der Waals surface area contributed by atoms with E-state index in [2.05, 4.69) is 12.2 Å². The highest BCUT2D eigenvalue weighted by Crippen LogP contribution is 2.22. The monoisotopic (exact) mass is 269 g/mol. The molecule has 0 fully saturated rings. The molecule has 0 spiro atoms. The summed E-state index contributed by atoms with van der Waals surface area (Å²) < 4.78 is 10.2. The number of amides is 1. The molecule has 1 aromatic carbocycles. The quantitative estimate of drug-likeness (QED) is 0.351. The van der Waals surface area contributed by atoms with Gasteiger partial charge in [0, 0.05) is 6.07 Å². The van der Waals surface area contributed by atoms with Gasteiger partial charge in [0.1, 0.15) is 11.5 Å². The standard InChI is InChI=1S/C11H15N3O3S/c1-16-8-3-7(4-9(6-8)17-2)5-10(15)14(13)11(12)18/h3-4,6H,5,13H2,1-2H3,(H2,12,18). The largest absolute Gasteiger partial charge is 0.497 e. The molecule has 0 bridgehead atoms. The van der Waals surface area contributed by atoms with Crippen LogP contribution in [-0.2, 0) is 11.2 Å². The first kappa shape index (κ1) is 14.2. The molecule has 0 unspecified atom stereocenters. The number of nitrogens with zero attached hydrogens (tertiary/aromatic N) is 1. The summed E-state index contributed by atoms with van der Waals surface area (Å²) in [7, 11) is 3.06. The van der Waals surface area contributed by atoms with Crippen molar-refractivity contribution in [3.05, 3.63) is 23.8 Å². The molecule has 0 heterocycles. The maximum Gasteiger partial charge on any atom is 0.247 e. The number of rotatable bonds is 4. The molecule has 18 heavy (non-hydrogen) atoms. The van der Waals surface area contributed by atoms with Gasteiger partial charge < -0.3 is 15.2 Å². The molecule has 0 radical (unpaired) electrons. The number of hydrogen-bond acceptors (Lipinski definition) is 5. The smallest absolute Gasteiger partial charge is 0.247 e. The summed E-state index contributed by atoms with van der Waals surface area (Å²) in [5.41, 5.74) is 5.96. The number of thiocarbonyl (C=S) groups is 1. The van der Waals surface area contributed by atoms with E-state index in [1.165, 1.54) is 14.2 Å². The van der Waals surface area contributed by atoms with Crippen molar-refractivity contribution in [2.45, 2.75) is 6.42 Å². The highest BCUT2D eigenvalue weighted by molar-refractivity contribution is 7.80. The van der Waals surface area contributed by atoms with Gasteiger partial charge in [-0.15, -0.1) is 0 Å². The van der Waals surface area contributed by atoms with Crippen LogP contribution in [0.3, 0.4) is 0 Å². The van der Waals surface area contributed by atoms with Crippen LogP contribution >= 0.6 is 12.2 Å². The van der Waals surface area contributed by atoms with E-state index in [1.807, 2.05) is 0 Å². The summed E-state index contributed by atoms with van der Waals surface area (Å²) in [6, 6.07) is 5.14. The first-order valence-electron chi connectivity index (χ1n) is 5.07. The zero-order valence-electron chi connectivity index (χ0n) is 10.2. The summed E-state index contributed by atoms with van der Waals surface area (Å²) in [4.78, 5) is 11.7. The first-order chi connectivity index (χ1) is 8.47. The Morgan fingerprint density at radius 1 is 1.28 bits per heavy atom. The lowest BCUT2D eigenvalue weighted by molar-refractivity contribution is -0.126. The second-order valence-corrected chi connectivity index (χ2v) is 3.92. The van der Waals surface area contributed by atoms with Crippen molar-refractivity contribution in [2.75, 3.05) is 14.2 Å². The van der Waals surface area contributed by atoms with E-state index in [-0.39, 0.29) is 11.5 Å². The topological polar surface area (TPSA) is 90.8 Å². The fourth-order valence-electron chi connectivity index (χ4n) is 1.35. The molecule has 0 saturated heterocycles. The summed E-state index contributed by atoms with van der Waals surface area (Å²) >= 11 is 4.62. The zero-order valence-corrected chi connectivity index (χ0v) is 11.0. The second kappa shape index (κ2) is 6.18. The van der Waals surface area contributed by atoms with Gasteiger partial charge in [0.25, 0.3) is 0 Å². The Hall–Kier alpha value is -1.86. The van der Waals surface area contributed by atoms with Crippen molar-refractivity contribution in [1.82, 2.24) is 5.01 Å². The minimum atomic E-state index is -0.405. The lowest BCUT2D eigenvalue weighted by atomic mass is 10.1. The van der Waals surface area contributed by atoms with Gasteiger partial charge in [-0.05, 0) is 29.9 Å². The van der Waals surface area contributed by atoms with Gasteiger partial charge in [-0.3, -0.25) is 4.79 Å². The molecular weight excluding hydrogens is 254 g/mol. The number of carbonyl (C=O) groups excluding carboxylic acids is 1. The summed E-state index contributed by atoms with van der Waals surface area (Å²) in [6.07, 6.45) is 0.0569. The molecule has 6 nitrogen and oxygen atoms in total. The van der Waals surface area contributed by atoms with Gasteiger partial charge in [-0.1, -0.05) is 0 Å². The number of ether oxygens (including phenoxy) is 2. The maximum atomic E-state index is 11.7. The van der Waals surface area contributed by atoms with Gasteiger partial charge >= 0.3 is 0 Å². The van der Waals surface area contributed by atoms with E-state index >= 15 is 0 Å². The predicted octanol–water partition coefficient (Wildman–Crippen LogP) is 0.192. The molecule has 1 rings (SSSR count).